The van der Waals surface area contributed by atoms with Crippen LogP contribution in [0.1, 0.15) is 23.5 Å². The Morgan fingerprint density at radius 3 is 3.14 bits per heavy atom. The zero-order chi connectivity index (χ0) is 9.80. The lowest BCUT2D eigenvalue weighted by atomic mass is 9.96. The van der Waals surface area contributed by atoms with Crippen LogP contribution < -0.4 is 5.32 Å². The van der Waals surface area contributed by atoms with Crippen molar-refractivity contribution in [2.45, 2.75) is 18.8 Å². The van der Waals surface area contributed by atoms with Crippen molar-refractivity contribution in [2.75, 3.05) is 13.1 Å². The second-order valence-corrected chi connectivity index (χ2v) is 3.77. The predicted octanol–water partition coefficient (Wildman–Crippen LogP) is 1.83. The van der Waals surface area contributed by atoms with Crippen molar-refractivity contribution in [3.63, 3.8) is 0 Å². The Hall–Kier alpha value is -1.33. The van der Waals surface area contributed by atoms with E-state index in [0.717, 1.165) is 18.7 Å². The van der Waals surface area contributed by atoms with Gasteiger partial charge in [0.05, 0.1) is 12.5 Å². The molecule has 72 valence electrons. The molecule has 0 bridgehead atoms. The van der Waals surface area contributed by atoms with Crippen LogP contribution >= 0.6 is 0 Å². The summed E-state index contributed by atoms with van der Waals surface area (Å²) in [6.45, 7) is 2.20. The summed E-state index contributed by atoms with van der Waals surface area (Å²) in [5.74, 6) is 0.647. The van der Waals surface area contributed by atoms with Crippen LogP contribution in [0, 0.1) is 11.3 Å². The minimum Gasteiger partial charge on any atom is -0.316 e. The lowest BCUT2D eigenvalue weighted by molar-refractivity contribution is 0.762. The van der Waals surface area contributed by atoms with E-state index in [4.69, 9.17) is 5.26 Å². The molecular formula is C12H14N2. The molecule has 1 aromatic rings. The Kier molecular flexibility index (Phi) is 2.81. The van der Waals surface area contributed by atoms with Gasteiger partial charge < -0.3 is 5.32 Å². The number of hydrogen-bond acceptors (Lipinski definition) is 2. The number of nitrogens with one attached hydrogen (secondary N) is 1. The van der Waals surface area contributed by atoms with Gasteiger partial charge in [0.2, 0.25) is 0 Å². The molecule has 0 aliphatic carbocycles. The lowest BCUT2D eigenvalue weighted by Gasteiger charge is -2.09. The molecule has 0 radical (unpaired) electrons. The highest BCUT2D eigenvalue weighted by molar-refractivity contribution is 5.28. The maximum Gasteiger partial charge on any atom is 0.0669 e. The van der Waals surface area contributed by atoms with E-state index in [9.17, 15) is 0 Å². The Bertz CT molecular complexity index is 346. The van der Waals surface area contributed by atoms with Gasteiger partial charge in [0, 0.05) is 6.54 Å². The third kappa shape index (κ3) is 1.94. The molecule has 1 aromatic carbocycles. The van der Waals surface area contributed by atoms with Crippen molar-refractivity contribution >= 4 is 0 Å². The fourth-order valence-electron chi connectivity index (χ4n) is 1.99. The van der Waals surface area contributed by atoms with Gasteiger partial charge in [0.1, 0.15) is 0 Å². The van der Waals surface area contributed by atoms with E-state index in [2.05, 4.69) is 29.6 Å². The summed E-state index contributed by atoms with van der Waals surface area (Å²) in [5.41, 5.74) is 2.51. The van der Waals surface area contributed by atoms with Crippen LogP contribution in [0.15, 0.2) is 24.3 Å². The summed E-state index contributed by atoms with van der Waals surface area (Å²) in [4.78, 5) is 0. The van der Waals surface area contributed by atoms with E-state index in [1.165, 1.54) is 12.0 Å². The molecular weight excluding hydrogens is 172 g/mol. The van der Waals surface area contributed by atoms with Crippen LogP contribution in [0.4, 0.5) is 0 Å². The third-order valence-electron chi connectivity index (χ3n) is 2.77. The highest BCUT2D eigenvalue weighted by Crippen LogP contribution is 2.22. The Labute approximate surface area is 84.6 Å². The molecule has 2 heteroatoms. The van der Waals surface area contributed by atoms with Crippen LogP contribution in [0.3, 0.4) is 0 Å². The summed E-state index contributed by atoms with van der Waals surface area (Å²) < 4.78 is 0. The van der Waals surface area contributed by atoms with E-state index < -0.39 is 0 Å². The second-order valence-electron chi connectivity index (χ2n) is 3.77. The van der Waals surface area contributed by atoms with Crippen molar-refractivity contribution in [1.82, 2.24) is 5.32 Å². The molecule has 1 atom stereocenters. The molecule has 14 heavy (non-hydrogen) atoms. The fourth-order valence-corrected chi connectivity index (χ4v) is 1.99. The molecule has 2 rings (SSSR count). The van der Waals surface area contributed by atoms with Crippen LogP contribution in [0.25, 0.3) is 0 Å². The van der Waals surface area contributed by atoms with Crippen molar-refractivity contribution in [3.05, 3.63) is 35.4 Å². The topological polar surface area (TPSA) is 35.8 Å². The number of nitrogens with zero attached hydrogens (tertiary/aromatic N) is 1. The van der Waals surface area contributed by atoms with Crippen LogP contribution in [-0.4, -0.2) is 13.1 Å². The SMILES string of the molecule is N#CCc1cccc(C2CCNC2)c1. The first kappa shape index (κ1) is 9.23. The maximum atomic E-state index is 8.61. The molecule has 1 saturated heterocycles. The van der Waals surface area contributed by atoms with Crippen molar-refractivity contribution < 1.29 is 0 Å². The van der Waals surface area contributed by atoms with Crippen LogP contribution in [0.5, 0.6) is 0 Å². The smallest absolute Gasteiger partial charge is 0.0669 e. The van der Waals surface area contributed by atoms with Gasteiger partial charge in [-0.05, 0) is 30.0 Å². The molecule has 1 N–H and O–H groups in total. The summed E-state index contributed by atoms with van der Waals surface area (Å²) in [6.07, 6.45) is 1.74. The van der Waals surface area contributed by atoms with E-state index in [1.54, 1.807) is 0 Å². The molecule has 1 aliphatic heterocycles. The highest BCUT2D eigenvalue weighted by atomic mass is 14.9. The molecule has 0 aromatic heterocycles. The lowest BCUT2D eigenvalue weighted by Crippen LogP contribution is -2.08. The summed E-state index contributed by atoms with van der Waals surface area (Å²) >= 11 is 0. The molecule has 1 fully saturated rings. The highest BCUT2D eigenvalue weighted by Gasteiger charge is 2.16. The van der Waals surface area contributed by atoms with Gasteiger partial charge in [0.15, 0.2) is 0 Å². The monoisotopic (exact) mass is 186 g/mol. The minimum atomic E-state index is 0.522. The molecule has 1 unspecified atom stereocenters. The standard InChI is InChI=1S/C12H14N2/c13-6-4-10-2-1-3-11(8-10)12-5-7-14-9-12/h1-3,8,12,14H,4-5,7,9H2. The Morgan fingerprint density at radius 1 is 1.50 bits per heavy atom. The molecule has 0 saturated carbocycles. The van der Waals surface area contributed by atoms with E-state index >= 15 is 0 Å². The van der Waals surface area contributed by atoms with Gasteiger partial charge in [-0.2, -0.15) is 5.26 Å². The Morgan fingerprint density at radius 2 is 2.43 bits per heavy atom. The van der Waals surface area contributed by atoms with Gasteiger partial charge in [-0.15, -0.1) is 0 Å². The number of nitriles is 1. The van der Waals surface area contributed by atoms with Gasteiger partial charge in [0.25, 0.3) is 0 Å². The molecule has 1 aliphatic rings. The molecule has 1 heterocycles. The van der Waals surface area contributed by atoms with Crippen molar-refractivity contribution in [3.8, 4) is 6.07 Å². The summed E-state index contributed by atoms with van der Waals surface area (Å²) in [5, 5.41) is 12.0. The number of hydrogen-bond donors (Lipinski definition) is 1. The zero-order valence-electron chi connectivity index (χ0n) is 8.16. The first-order chi connectivity index (χ1) is 6.90. The average molecular weight is 186 g/mol. The van der Waals surface area contributed by atoms with Gasteiger partial charge >= 0.3 is 0 Å². The summed E-state index contributed by atoms with van der Waals surface area (Å²) in [6, 6.07) is 10.6. The fraction of sp³-hybridized carbons (Fsp3) is 0.417. The van der Waals surface area contributed by atoms with E-state index in [-0.39, 0.29) is 0 Å². The molecule has 2 nitrogen and oxygen atoms in total. The van der Waals surface area contributed by atoms with Gasteiger partial charge in [-0.3, -0.25) is 0 Å². The normalized spacial score (nSPS) is 20.6. The van der Waals surface area contributed by atoms with Crippen molar-refractivity contribution in [1.29, 1.82) is 5.26 Å². The predicted molar refractivity (Wildman–Crippen MR) is 56.0 cm³/mol. The molecule has 0 amide bonds. The maximum absolute atomic E-state index is 8.61. The number of benzene rings is 1. The van der Waals surface area contributed by atoms with Crippen LogP contribution in [-0.2, 0) is 6.42 Å². The number of rotatable bonds is 2. The van der Waals surface area contributed by atoms with Crippen LogP contribution in [0.2, 0.25) is 0 Å². The Balaban J connectivity index is 2.17. The van der Waals surface area contributed by atoms with Crippen molar-refractivity contribution in [2.24, 2.45) is 0 Å². The second kappa shape index (κ2) is 4.26. The first-order valence-electron chi connectivity index (χ1n) is 5.06. The van der Waals surface area contributed by atoms with Gasteiger partial charge in [-0.1, -0.05) is 24.3 Å². The minimum absolute atomic E-state index is 0.522. The largest absolute Gasteiger partial charge is 0.316 e. The first-order valence-corrected chi connectivity index (χ1v) is 5.06. The van der Waals surface area contributed by atoms with E-state index in [1.807, 2.05) is 6.07 Å². The van der Waals surface area contributed by atoms with E-state index in [0.29, 0.717) is 12.3 Å². The molecule has 0 spiro atoms. The summed E-state index contributed by atoms with van der Waals surface area (Å²) in [7, 11) is 0. The van der Waals surface area contributed by atoms with Gasteiger partial charge in [-0.25, -0.2) is 0 Å². The quantitative estimate of drug-likeness (QED) is 0.764. The average Bonchev–Trinajstić information content (AvgIpc) is 2.71. The zero-order valence-corrected chi connectivity index (χ0v) is 8.16. The third-order valence-corrected chi connectivity index (χ3v) is 2.77.